The van der Waals surface area contributed by atoms with Crippen molar-refractivity contribution >= 4 is 5.69 Å². The van der Waals surface area contributed by atoms with Gasteiger partial charge in [-0.25, -0.2) is 0 Å². The molecule has 2 nitrogen and oxygen atoms in total. The van der Waals surface area contributed by atoms with Gasteiger partial charge in [-0.3, -0.25) is 0 Å². The zero-order valence-corrected chi connectivity index (χ0v) is 13.0. The van der Waals surface area contributed by atoms with Gasteiger partial charge in [-0.05, 0) is 60.6 Å². The Balaban J connectivity index is 1.86. The van der Waals surface area contributed by atoms with E-state index in [1.54, 1.807) is 7.11 Å². The fourth-order valence-corrected chi connectivity index (χ4v) is 3.32. The molecule has 0 saturated heterocycles. The van der Waals surface area contributed by atoms with Crippen LogP contribution >= 0.6 is 0 Å². The fraction of sp³-hybridized carbons (Fsp3) is 0.368. The molecule has 0 bridgehead atoms. The smallest absolute Gasteiger partial charge is 0.121 e. The molecule has 110 valence electrons. The molecule has 0 heterocycles. The molecule has 0 radical (unpaired) electrons. The van der Waals surface area contributed by atoms with Gasteiger partial charge in [0.1, 0.15) is 5.75 Å². The average Bonchev–Trinajstić information content (AvgIpc) is 2.51. The summed E-state index contributed by atoms with van der Waals surface area (Å²) < 4.78 is 5.33. The van der Waals surface area contributed by atoms with Crippen molar-refractivity contribution in [2.24, 2.45) is 0 Å². The van der Waals surface area contributed by atoms with Crippen molar-refractivity contribution in [3.8, 4) is 5.75 Å². The van der Waals surface area contributed by atoms with Crippen LogP contribution in [0, 0.1) is 6.92 Å². The molecule has 0 aliphatic heterocycles. The molecule has 2 aromatic rings. The molecule has 2 atom stereocenters. The predicted molar refractivity (Wildman–Crippen MR) is 88.2 cm³/mol. The van der Waals surface area contributed by atoms with Crippen molar-refractivity contribution in [1.29, 1.82) is 0 Å². The van der Waals surface area contributed by atoms with Crippen molar-refractivity contribution < 1.29 is 4.74 Å². The summed E-state index contributed by atoms with van der Waals surface area (Å²) in [6, 6.07) is 15.5. The van der Waals surface area contributed by atoms with E-state index in [1.807, 2.05) is 6.07 Å². The van der Waals surface area contributed by atoms with E-state index in [2.05, 4.69) is 55.6 Å². The number of nitrogens with one attached hydrogen (secondary N) is 1. The van der Waals surface area contributed by atoms with E-state index >= 15 is 0 Å². The lowest BCUT2D eigenvalue weighted by atomic mass is 9.81. The molecule has 2 aromatic carbocycles. The Kier molecular flexibility index (Phi) is 3.87. The SMILES string of the molecule is COc1ccc(NC2CCC(C)c3ccccc32)cc1C. The number of ether oxygens (including phenoxy) is 1. The van der Waals surface area contributed by atoms with Gasteiger partial charge in [-0.2, -0.15) is 0 Å². The summed E-state index contributed by atoms with van der Waals surface area (Å²) >= 11 is 0. The molecular weight excluding hydrogens is 258 g/mol. The van der Waals surface area contributed by atoms with Crippen LogP contribution in [0.2, 0.25) is 0 Å². The highest BCUT2D eigenvalue weighted by Crippen LogP contribution is 2.39. The van der Waals surface area contributed by atoms with Gasteiger partial charge in [0.05, 0.1) is 13.2 Å². The Morgan fingerprint density at radius 3 is 2.52 bits per heavy atom. The number of hydrogen-bond acceptors (Lipinski definition) is 2. The number of aryl methyl sites for hydroxylation is 1. The number of rotatable bonds is 3. The molecule has 21 heavy (non-hydrogen) atoms. The lowest BCUT2D eigenvalue weighted by molar-refractivity contribution is 0.411. The van der Waals surface area contributed by atoms with E-state index in [1.165, 1.54) is 35.2 Å². The Morgan fingerprint density at radius 1 is 1.05 bits per heavy atom. The Hall–Kier alpha value is -1.96. The van der Waals surface area contributed by atoms with Crippen molar-refractivity contribution in [3.63, 3.8) is 0 Å². The first-order chi connectivity index (χ1) is 10.2. The highest BCUT2D eigenvalue weighted by Gasteiger charge is 2.24. The number of anilines is 1. The maximum Gasteiger partial charge on any atom is 0.121 e. The molecule has 3 rings (SSSR count). The van der Waals surface area contributed by atoms with Crippen LogP contribution in [0.4, 0.5) is 5.69 Å². The van der Waals surface area contributed by atoms with Gasteiger partial charge in [-0.15, -0.1) is 0 Å². The molecule has 0 amide bonds. The number of fused-ring (bicyclic) bond motifs is 1. The molecule has 0 fully saturated rings. The van der Waals surface area contributed by atoms with E-state index in [4.69, 9.17) is 4.74 Å². The lowest BCUT2D eigenvalue weighted by Crippen LogP contribution is -2.19. The minimum Gasteiger partial charge on any atom is -0.496 e. The summed E-state index contributed by atoms with van der Waals surface area (Å²) in [6.07, 6.45) is 2.42. The van der Waals surface area contributed by atoms with Gasteiger partial charge in [0.2, 0.25) is 0 Å². The van der Waals surface area contributed by atoms with Gasteiger partial charge in [0.25, 0.3) is 0 Å². The van der Waals surface area contributed by atoms with Crippen molar-refractivity contribution in [2.45, 2.75) is 38.6 Å². The molecule has 0 saturated carbocycles. The highest BCUT2D eigenvalue weighted by molar-refractivity contribution is 5.53. The van der Waals surface area contributed by atoms with Crippen LogP contribution in [0.1, 0.15) is 48.4 Å². The molecular formula is C19H23NO. The second kappa shape index (κ2) is 5.80. The Bertz CT molecular complexity index is 635. The van der Waals surface area contributed by atoms with Gasteiger partial charge in [0, 0.05) is 5.69 Å². The first-order valence-electron chi connectivity index (χ1n) is 7.69. The van der Waals surface area contributed by atoms with Crippen LogP contribution in [0.25, 0.3) is 0 Å². The van der Waals surface area contributed by atoms with E-state index in [-0.39, 0.29) is 0 Å². The van der Waals surface area contributed by atoms with E-state index in [0.29, 0.717) is 12.0 Å². The Morgan fingerprint density at radius 2 is 1.81 bits per heavy atom. The van der Waals surface area contributed by atoms with E-state index in [9.17, 15) is 0 Å². The number of hydrogen-bond donors (Lipinski definition) is 1. The van der Waals surface area contributed by atoms with Crippen molar-refractivity contribution in [1.82, 2.24) is 0 Å². The van der Waals surface area contributed by atoms with E-state index < -0.39 is 0 Å². The predicted octanol–water partition coefficient (Wildman–Crippen LogP) is 5.05. The molecule has 2 heteroatoms. The summed E-state index contributed by atoms with van der Waals surface area (Å²) in [5, 5.41) is 3.69. The first kappa shape index (κ1) is 14.0. The number of benzene rings is 2. The summed E-state index contributed by atoms with van der Waals surface area (Å²) in [5.74, 6) is 1.61. The third kappa shape index (κ3) is 2.76. The summed E-state index contributed by atoms with van der Waals surface area (Å²) in [6.45, 7) is 4.41. The quantitative estimate of drug-likeness (QED) is 0.849. The van der Waals surface area contributed by atoms with Crippen LogP contribution in [-0.4, -0.2) is 7.11 Å². The second-order valence-corrected chi connectivity index (χ2v) is 5.99. The minimum absolute atomic E-state index is 0.408. The monoisotopic (exact) mass is 281 g/mol. The Labute approximate surface area is 127 Å². The third-order valence-electron chi connectivity index (χ3n) is 4.53. The van der Waals surface area contributed by atoms with Gasteiger partial charge < -0.3 is 10.1 Å². The summed E-state index contributed by atoms with van der Waals surface area (Å²) in [4.78, 5) is 0. The van der Waals surface area contributed by atoms with Crippen molar-refractivity contribution in [3.05, 3.63) is 59.2 Å². The fourth-order valence-electron chi connectivity index (χ4n) is 3.32. The third-order valence-corrected chi connectivity index (χ3v) is 4.53. The molecule has 1 aliphatic rings. The second-order valence-electron chi connectivity index (χ2n) is 5.99. The summed E-state index contributed by atoms with van der Waals surface area (Å²) in [5.41, 5.74) is 5.28. The maximum atomic E-state index is 5.33. The average molecular weight is 281 g/mol. The van der Waals surface area contributed by atoms with Crippen LogP contribution in [0.5, 0.6) is 5.75 Å². The van der Waals surface area contributed by atoms with Crippen LogP contribution in [-0.2, 0) is 0 Å². The molecule has 0 spiro atoms. The van der Waals surface area contributed by atoms with Crippen molar-refractivity contribution in [2.75, 3.05) is 12.4 Å². The largest absolute Gasteiger partial charge is 0.496 e. The molecule has 1 aliphatic carbocycles. The zero-order valence-electron chi connectivity index (χ0n) is 13.0. The van der Waals surface area contributed by atoms with Crippen LogP contribution in [0.15, 0.2) is 42.5 Å². The van der Waals surface area contributed by atoms with E-state index in [0.717, 1.165) is 5.75 Å². The zero-order chi connectivity index (χ0) is 14.8. The lowest BCUT2D eigenvalue weighted by Gasteiger charge is -2.31. The standard InChI is InChI=1S/C19H23NO/c1-13-8-10-18(17-7-5-4-6-16(13)17)20-15-9-11-19(21-3)14(2)12-15/h4-7,9,11-13,18,20H,8,10H2,1-3H3. The molecule has 0 aromatic heterocycles. The van der Waals surface area contributed by atoms with Crippen LogP contribution in [0.3, 0.4) is 0 Å². The van der Waals surface area contributed by atoms with Crippen LogP contribution < -0.4 is 10.1 Å². The van der Waals surface area contributed by atoms with Gasteiger partial charge in [-0.1, -0.05) is 31.2 Å². The van der Waals surface area contributed by atoms with Gasteiger partial charge >= 0.3 is 0 Å². The molecule has 2 unspecified atom stereocenters. The number of methoxy groups -OCH3 is 1. The normalized spacial score (nSPS) is 20.7. The van der Waals surface area contributed by atoms with Gasteiger partial charge in [0.15, 0.2) is 0 Å². The summed E-state index contributed by atoms with van der Waals surface area (Å²) in [7, 11) is 1.72. The minimum atomic E-state index is 0.408. The topological polar surface area (TPSA) is 21.3 Å². The first-order valence-corrected chi connectivity index (χ1v) is 7.69. The molecule has 1 N–H and O–H groups in total. The maximum absolute atomic E-state index is 5.33. The highest BCUT2D eigenvalue weighted by atomic mass is 16.5.